The molecule has 0 bridgehead atoms. The fourth-order valence-corrected chi connectivity index (χ4v) is 7.89. The Morgan fingerprint density at radius 1 is 0.921 bits per heavy atom. The number of aromatic amines is 1. The van der Waals surface area contributed by atoms with Crippen molar-refractivity contribution in [1.82, 2.24) is 30.1 Å². The third-order valence-electron chi connectivity index (χ3n) is 11.0. The van der Waals surface area contributed by atoms with Gasteiger partial charge in [0.1, 0.15) is 29.0 Å². The van der Waals surface area contributed by atoms with Crippen LogP contribution in [-0.2, 0) is 19.1 Å². The summed E-state index contributed by atoms with van der Waals surface area (Å²) in [5.74, 6) is -0.578. The first kappa shape index (κ1) is 46.3. The van der Waals surface area contributed by atoms with Crippen LogP contribution in [0, 0.1) is 5.92 Å². The second-order valence-corrected chi connectivity index (χ2v) is 17.3. The van der Waals surface area contributed by atoms with Crippen molar-refractivity contribution in [3.8, 4) is 28.1 Å². The average Bonchev–Trinajstić information content (AvgIpc) is 3.91. The molecule has 2 aliphatic heterocycles. The van der Waals surface area contributed by atoms with Gasteiger partial charge in [-0.1, -0.05) is 38.1 Å². The Morgan fingerprint density at radius 3 is 2.27 bits per heavy atom. The number of piperazine rings is 1. The number of benzene rings is 2. The molecule has 4 heterocycles. The van der Waals surface area contributed by atoms with E-state index in [4.69, 9.17) is 9.47 Å². The van der Waals surface area contributed by atoms with Crippen LogP contribution in [-0.4, -0.2) is 112 Å². The van der Waals surface area contributed by atoms with E-state index in [-0.39, 0.29) is 59.3 Å². The normalized spacial score (nSPS) is 18.8. The largest absolute Gasteiger partial charge is 0.573 e. The van der Waals surface area contributed by atoms with Crippen molar-refractivity contribution in [2.45, 2.75) is 97.4 Å². The topological polar surface area (TPSA) is 171 Å². The molecule has 6 rings (SSSR count). The van der Waals surface area contributed by atoms with E-state index in [1.54, 1.807) is 47.5 Å². The van der Waals surface area contributed by atoms with Crippen LogP contribution < -0.4 is 20.3 Å². The molecule has 0 saturated carbocycles. The molecule has 15 nitrogen and oxygen atoms in total. The van der Waals surface area contributed by atoms with Gasteiger partial charge in [-0.15, -0.1) is 13.2 Å². The monoisotopic (exact) mass is 876 g/mol. The number of hydrogen-bond donors (Lipinski definition) is 3. The van der Waals surface area contributed by atoms with Gasteiger partial charge in [-0.3, -0.25) is 19.3 Å². The number of esters is 1. The third kappa shape index (κ3) is 11.7. The predicted molar refractivity (Wildman–Crippen MR) is 230 cm³/mol. The highest BCUT2D eigenvalue weighted by Crippen LogP contribution is 2.38. The molecule has 18 heteroatoms. The number of ether oxygens (including phenoxy) is 3. The summed E-state index contributed by atoms with van der Waals surface area (Å²) in [7, 11) is 1.24. The van der Waals surface area contributed by atoms with E-state index in [0.29, 0.717) is 54.5 Å². The quantitative estimate of drug-likeness (QED) is 0.120. The van der Waals surface area contributed by atoms with Gasteiger partial charge in [-0.05, 0) is 88.8 Å². The Balaban J connectivity index is 1.12. The first-order valence-corrected chi connectivity index (χ1v) is 20.9. The molecule has 0 spiro atoms. The number of carbonyl (C=O) groups excluding carboxylic acids is 4. The van der Waals surface area contributed by atoms with Gasteiger partial charge in [0.15, 0.2) is 0 Å². The lowest BCUT2D eigenvalue weighted by atomic mass is 10.0. The van der Waals surface area contributed by atoms with E-state index in [1.165, 1.54) is 25.4 Å². The molecule has 2 aromatic carbocycles. The highest BCUT2D eigenvalue weighted by Gasteiger charge is 2.38. The van der Waals surface area contributed by atoms with Gasteiger partial charge in [-0.25, -0.2) is 14.8 Å². The van der Waals surface area contributed by atoms with Gasteiger partial charge in [0.05, 0.1) is 37.2 Å². The first-order chi connectivity index (χ1) is 29.7. The van der Waals surface area contributed by atoms with Crippen LogP contribution in [0.5, 0.6) is 5.75 Å². The maximum atomic E-state index is 13.7. The maximum Gasteiger partial charge on any atom is 0.573 e. The summed E-state index contributed by atoms with van der Waals surface area (Å²) >= 11 is 0. The Labute approximate surface area is 364 Å². The molecule has 4 aromatic rings. The average molecular weight is 877 g/mol. The van der Waals surface area contributed by atoms with Crippen LogP contribution in [0.3, 0.4) is 0 Å². The standard InChI is InChI=1S/C45H55F3N8O7/c1-26(2)39(53-43(60)61-8)42(59)55-19-9-10-35(55)40-50-22-34(52-40)30-13-11-29(12-14-30)33-17-16-32(20-36(33)62-45(46,47)48)51-41(58)31-15-18-37(49-21-31)56-24-27(3)54(23-28(56)4)25-38(57)63-44(5,6)7/h11-18,20-22,26-28,35,39H,9-10,19,23-25H2,1-8H3,(H,50,52)(H,51,58)(H,53,60)/t27-,28+,35-,39-/m0/s1. The summed E-state index contributed by atoms with van der Waals surface area (Å²) in [5.41, 5.74) is 1.61. The summed E-state index contributed by atoms with van der Waals surface area (Å²) in [4.78, 5) is 69.6. The number of alkyl halides is 3. The number of hydrogen-bond acceptors (Lipinski definition) is 11. The van der Waals surface area contributed by atoms with Crippen LogP contribution in [0.1, 0.15) is 83.5 Å². The number of alkyl carbamates (subject to hydrolysis) is 1. The van der Waals surface area contributed by atoms with Gasteiger partial charge in [0.2, 0.25) is 5.91 Å². The number of pyridine rings is 1. The minimum Gasteiger partial charge on any atom is -0.459 e. The van der Waals surface area contributed by atoms with Crippen molar-refractivity contribution < 1.29 is 46.6 Å². The fourth-order valence-electron chi connectivity index (χ4n) is 7.89. The SMILES string of the molecule is COC(=O)N[C@H](C(=O)N1CCC[C@H]1c1ncc(-c2ccc(-c3ccc(NC(=O)c4ccc(N5C[C@H](C)N(CC(=O)OC(C)(C)C)C[C@H]5C)nc4)cc3OC(F)(F)F)cc2)[nH]1)C(C)C. The summed E-state index contributed by atoms with van der Waals surface area (Å²) in [5, 5.41) is 5.29. The Kier molecular flexibility index (Phi) is 14.0. The molecule has 4 atom stereocenters. The molecule has 0 unspecified atom stereocenters. The molecule has 2 fully saturated rings. The number of methoxy groups -OCH3 is 1. The molecular formula is C45H55F3N8O7. The molecule has 2 aromatic heterocycles. The summed E-state index contributed by atoms with van der Waals surface area (Å²) in [6.07, 6.45) is -1.24. The summed E-state index contributed by atoms with van der Waals surface area (Å²) < 4.78 is 55.8. The van der Waals surface area contributed by atoms with Crippen LogP contribution in [0.15, 0.2) is 67.0 Å². The summed E-state index contributed by atoms with van der Waals surface area (Å²) in [6, 6.07) is 13.0. The number of aromatic nitrogens is 3. The number of nitrogens with zero attached hydrogens (tertiary/aromatic N) is 5. The number of H-pyrrole nitrogens is 1. The van der Waals surface area contributed by atoms with E-state index >= 15 is 0 Å². The number of rotatable bonds is 12. The van der Waals surface area contributed by atoms with Crippen LogP contribution in [0.4, 0.5) is 29.5 Å². The molecule has 338 valence electrons. The lowest BCUT2D eigenvalue weighted by molar-refractivity contribution is -0.274. The Hall–Kier alpha value is -6.17. The molecule has 2 aliphatic rings. The Bertz CT molecular complexity index is 2260. The number of imidazole rings is 1. The minimum atomic E-state index is -5.01. The van der Waals surface area contributed by atoms with Gasteiger partial charge < -0.3 is 39.6 Å². The van der Waals surface area contributed by atoms with E-state index in [9.17, 15) is 32.3 Å². The highest BCUT2D eigenvalue weighted by atomic mass is 19.4. The van der Waals surface area contributed by atoms with E-state index in [0.717, 1.165) is 12.5 Å². The lowest BCUT2D eigenvalue weighted by Gasteiger charge is -2.44. The zero-order chi connectivity index (χ0) is 45.8. The van der Waals surface area contributed by atoms with Crippen molar-refractivity contribution >= 4 is 35.4 Å². The van der Waals surface area contributed by atoms with Gasteiger partial charge >= 0.3 is 18.4 Å². The molecule has 0 radical (unpaired) electrons. The smallest absolute Gasteiger partial charge is 0.459 e. The Morgan fingerprint density at radius 2 is 1.63 bits per heavy atom. The van der Waals surface area contributed by atoms with Crippen molar-refractivity contribution in [2.75, 3.05) is 43.5 Å². The predicted octanol–water partition coefficient (Wildman–Crippen LogP) is 7.57. The van der Waals surface area contributed by atoms with Crippen LogP contribution >= 0.6 is 0 Å². The van der Waals surface area contributed by atoms with Crippen molar-refractivity contribution in [3.63, 3.8) is 0 Å². The highest BCUT2D eigenvalue weighted by molar-refractivity contribution is 6.04. The van der Waals surface area contributed by atoms with E-state index in [1.807, 2.05) is 48.5 Å². The maximum absolute atomic E-state index is 13.7. The molecule has 63 heavy (non-hydrogen) atoms. The minimum absolute atomic E-state index is 0.00500. The zero-order valence-electron chi connectivity index (χ0n) is 36.7. The first-order valence-electron chi connectivity index (χ1n) is 20.9. The van der Waals surface area contributed by atoms with E-state index < -0.39 is 35.8 Å². The number of amides is 3. The molecular weight excluding hydrogens is 822 g/mol. The van der Waals surface area contributed by atoms with Crippen molar-refractivity contribution in [3.05, 3.63) is 78.4 Å². The number of nitrogens with one attached hydrogen (secondary N) is 3. The fraction of sp³-hybridized carbons (Fsp3) is 0.467. The van der Waals surface area contributed by atoms with Crippen LogP contribution in [0.2, 0.25) is 0 Å². The number of likely N-dealkylation sites (tertiary alicyclic amines) is 1. The number of halogens is 3. The zero-order valence-corrected chi connectivity index (χ0v) is 36.7. The number of carbonyl (C=O) groups is 4. The lowest BCUT2D eigenvalue weighted by Crippen LogP contribution is -2.58. The molecule has 3 N–H and O–H groups in total. The van der Waals surface area contributed by atoms with Crippen LogP contribution in [0.25, 0.3) is 22.4 Å². The van der Waals surface area contributed by atoms with Gasteiger partial charge in [-0.2, -0.15) is 0 Å². The van der Waals surface area contributed by atoms with E-state index in [2.05, 4.69) is 40.1 Å². The van der Waals surface area contributed by atoms with Crippen molar-refractivity contribution in [2.24, 2.45) is 5.92 Å². The van der Waals surface area contributed by atoms with Crippen molar-refractivity contribution in [1.29, 1.82) is 0 Å². The van der Waals surface area contributed by atoms with Gasteiger partial charge in [0, 0.05) is 55.2 Å². The third-order valence-corrected chi connectivity index (χ3v) is 11.0. The number of anilines is 2. The molecule has 0 aliphatic carbocycles. The molecule has 2 saturated heterocycles. The summed E-state index contributed by atoms with van der Waals surface area (Å²) in [6.45, 7) is 15.1. The second-order valence-electron chi connectivity index (χ2n) is 17.3. The second kappa shape index (κ2) is 19.1. The molecule has 3 amide bonds. The van der Waals surface area contributed by atoms with Gasteiger partial charge in [0.25, 0.3) is 5.91 Å².